The van der Waals surface area contributed by atoms with Gasteiger partial charge in [-0.3, -0.25) is 0 Å². The molecule has 9 heteroatoms. The molecule has 3 aromatic rings. The van der Waals surface area contributed by atoms with Gasteiger partial charge in [0.2, 0.25) is 0 Å². The van der Waals surface area contributed by atoms with Crippen molar-refractivity contribution >= 4 is 41.0 Å². The van der Waals surface area contributed by atoms with Gasteiger partial charge in [0.15, 0.2) is 11.0 Å². The highest BCUT2D eigenvalue weighted by atomic mass is 32.2. The Hall–Kier alpha value is -2.78. The highest BCUT2D eigenvalue weighted by Crippen LogP contribution is 2.32. The molecule has 150 valence electrons. The molecule has 1 heterocycles. The van der Waals surface area contributed by atoms with E-state index in [1.807, 2.05) is 30.5 Å². The third-order valence-corrected chi connectivity index (χ3v) is 5.49. The van der Waals surface area contributed by atoms with Gasteiger partial charge in [-0.1, -0.05) is 23.9 Å². The zero-order valence-corrected chi connectivity index (χ0v) is 17.3. The van der Waals surface area contributed by atoms with Gasteiger partial charge in [-0.25, -0.2) is 19.2 Å². The van der Waals surface area contributed by atoms with E-state index < -0.39 is 5.97 Å². The molecule has 0 aliphatic carbocycles. The summed E-state index contributed by atoms with van der Waals surface area (Å²) in [5, 5.41) is 13.5. The number of hydrogen-bond acceptors (Lipinski definition) is 7. The summed E-state index contributed by atoms with van der Waals surface area (Å²) in [6, 6.07) is 13.2. The molecule has 1 aromatic heterocycles. The van der Waals surface area contributed by atoms with Gasteiger partial charge < -0.3 is 15.2 Å². The highest BCUT2D eigenvalue weighted by molar-refractivity contribution is 7.99. The number of methoxy groups -OCH3 is 1. The number of carboxylic acids is 1. The summed E-state index contributed by atoms with van der Waals surface area (Å²) in [5.74, 6) is -0.0645. The Labute approximate surface area is 175 Å². The lowest BCUT2D eigenvalue weighted by Crippen LogP contribution is -2.10. The van der Waals surface area contributed by atoms with Crippen LogP contribution in [0.4, 0.5) is 15.9 Å². The number of benzene rings is 2. The molecule has 0 amide bonds. The molecule has 0 unspecified atom stereocenters. The van der Waals surface area contributed by atoms with Crippen LogP contribution < -0.4 is 10.1 Å². The molecule has 2 N–H and O–H groups in total. The molecule has 6 nitrogen and oxygen atoms in total. The van der Waals surface area contributed by atoms with Gasteiger partial charge in [-0.05, 0) is 48.2 Å². The zero-order chi connectivity index (χ0) is 20.8. The number of thioether (sulfide) groups is 2. The van der Waals surface area contributed by atoms with E-state index in [2.05, 4.69) is 15.3 Å². The number of hydrogen-bond donors (Lipinski definition) is 2. The van der Waals surface area contributed by atoms with Crippen molar-refractivity contribution in [3.05, 3.63) is 65.5 Å². The Morgan fingerprint density at radius 1 is 1.14 bits per heavy atom. The van der Waals surface area contributed by atoms with Gasteiger partial charge in [-0.2, -0.15) is 0 Å². The average Bonchev–Trinajstić information content (AvgIpc) is 2.73. The van der Waals surface area contributed by atoms with E-state index in [-0.39, 0.29) is 17.2 Å². The molecule has 0 spiro atoms. The number of aromatic carboxylic acids is 1. The first-order valence-corrected chi connectivity index (χ1v) is 10.7. The number of carbonyl (C=O) groups is 1. The van der Waals surface area contributed by atoms with E-state index in [1.54, 1.807) is 7.11 Å². The second-order valence-electron chi connectivity index (χ2n) is 5.81. The second kappa shape index (κ2) is 9.62. The topological polar surface area (TPSA) is 84.3 Å². The smallest absolute Gasteiger partial charge is 0.342 e. The minimum absolute atomic E-state index is 0.0226. The fourth-order valence-electron chi connectivity index (χ4n) is 2.44. The van der Waals surface area contributed by atoms with E-state index >= 15 is 0 Å². The van der Waals surface area contributed by atoms with Gasteiger partial charge in [-0.15, -0.1) is 11.8 Å². The number of nitrogens with one attached hydrogen (secondary N) is 1. The predicted molar refractivity (Wildman–Crippen MR) is 113 cm³/mol. The van der Waals surface area contributed by atoms with Crippen molar-refractivity contribution in [2.45, 2.75) is 15.9 Å². The number of aromatic nitrogens is 2. The molecular formula is C20H18FN3O3S2. The van der Waals surface area contributed by atoms with Crippen molar-refractivity contribution in [1.29, 1.82) is 0 Å². The van der Waals surface area contributed by atoms with Gasteiger partial charge in [0.25, 0.3) is 0 Å². The SMILES string of the molecule is COc1ccc(CSc2nc(SC)nc(Nc3ccc(F)cc3)c2C(=O)O)cc1. The Morgan fingerprint density at radius 3 is 2.41 bits per heavy atom. The van der Waals surface area contributed by atoms with Crippen molar-refractivity contribution in [3.63, 3.8) is 0 Å². The van der Waals surface area contributed by atoms with E-state index in [0.29, 0.717) is 21.6 Å². The van der Waals surface area contributed by atoms with E-state index in [4.69, 9.17) is 4.74 Å². The third-order valence-electron chi connectivity index (χ3n) is 3.89. The minimum Gasteiger partial charge on any atom is -0.497 e. The summed E-state index contributed by atoms with van der Waals surface area (Å²) in [4.78, 5) is 20.7. The lowest BCUT2D eigenvalue weighted by molar-refractivity contribution is 0.0692. The summed E-state index contributed by atoms with van der Waals surface area (Å²) < 4.78 is 18.3. The fourth-order valence-corrected chi connectivity index (χ4v) is 3.84. The first kappa shape index (κ1) is 20.9. The van der Waals surface area contributed by atoms with Crippen LogP contribution >= 0.6 is 23.5 Å². The maximum Gasteiger partial charge on any atom is 0.342 e. The molecule has 0 saturated carbocycles. The molecule has 0 radical (unpaired) electrons. The van der Waals surface area contributed by atoms with Crippen molar-refractivity contribution in [2.24, 2.45) is 0 Å². The Morgan fingerprint density at radius 2 is 1.83 bits per heavy atom. The summed E-state index contributed by atoms with van der Waals surface area (Å²) in [7, 11) is 1.60. The molecule has 0 saturated heterocycles. The number of anilines is 2. The molecule has 29 heavy (non-hydrogen) atoms. The number of nitrogens with zero attached hydrogens (tertiary/aromatic N) is 2. The summed E-state index contributed by atoms with van der Waals surface area (Å²) in [6.07, 6.45) is 1.81. The molecule has 0 atom stereocenters. The normalized spacial score (nSPS) is 10.6. The number of halogens is 1. The van der Waals surface area contributed by atoms with Gasteiger partial charge in [0.05, 0.1) is 7.11 Å². The highest BCUT2D eigenvalue weighted by Gasteiger charge is 2.21. The second-order valence-corrected chi connectivity index (χ2v) is 7.55. The fraction of sp³-hybridized carbons (Fsp3) is 0.150. The molecule has 0 fully saturated rings. The first-order valence-electron chi connectivity index (χ1n) is 8.47. The van der Waals surface area contributed by atoms with E-state index in [9.17, 15) is 14.3 Å². The standard InChI is InChI=1S/C20H18FN3O3S2/c1-27-15-9-3-12(4-10-15)11-29-18-16(19(25)26)17(23-20(24-18)28-2)22-14-7-5-13(21)6-8-14/h3-10H,11H2,1-2H3,(H,25,26)(H,22,23,24). The van der Waals surface area contributed by atoms with Crippen LogP contribution in [0.2, 0.25) is 0 Å². The monoisotopic (exact) mass is 431 g/mol. The Balaban J connectivity index is 1.91. The summed E-state index contributed by atoms with van der Waals surface area (Å²) in [5.41, 5.74) is 1.51. The number of carboxylic acid groups (broad SMARTS) is 1. The molecular weight excluding hydrogens is 413 g/mol. The molecule has 0 bridgehead atoms. The first-order chi connectivity index (χ1) is 14.0. The van der Waals surface area contributed by atoms with Crippen molar-refractivity contribution in [2.75, 3.05) is 18.7 Å². The van der Waals surface area contributed by atoms with Crippen LogP contribution in [-0.2, 0) is 5.75 Å². The molecule has 3 rings (SSSR count). The summed E-state index contributed by atoms with van der Waals surface area (Å²) in [6.45, 7) is 0. The van der Waals surface area contributed by atoms with Crippen LogP contribution in [0.3, 0.4) is 0 Å². The lowest BCUT2D eigenvalue weighted by atomic mass is 10.2. The molecule has 0 aliphatic heterocycles. The Bertz CT molecular complexity index is 999. The van der Waals surface area contributed by atoms with Crippen molar-refractivity contribution < 1.29 is 19.0 Å². The number of ether oxygens (including phenoxy) is 1. The summed E-state index contributed by atoms with van der Waals surface area (Å²) >= 11 is 2.62. The van der Waals surface area contributed by atoms with Crippen LogP contribution in [0.15, 0.2) is 58.7 Å². The van der Waals surface area contributed by atoms with Crippen LogP contribution in [0, 0.1) is 5.82 Å². The Kier molecular flexibility index (Phi) is 6.95. The zero-order valence-electron chi connectivity index (χ0n) is 15.7. The lowest BCUT2D eigenvalue weighted by Gasteiger charge is -2.13. The van der Waals surface area contributed by atoms with E-state index in [1.165, 1.54) is 47.8 Å². The van der Waals surface area contributed by atoms with E-state index in [0.717, 1.165) is 11.3 Å². The van der Waals surface area contributed by atoms with Gasteiger partial charge in [0, 0.05) is 11.4 Å². The maximum atomic E-state index is 13.2. The largest absolute Gasteiger partial charge is 0.497 e. The van der Waals surface area contributed by atoms with Gasteiger partial charge >= 0.3 is 5.97 Å². The maximum absolute atomic E-state index is 13.2. The van der Waals surface area contributed by atoms with Crippen LogP contribution in [-0.4, -0.2) is 34.4 Å². The average molecular weight is 432 g/mol. The third kappa shape index (κ3) is 5.39. The quantitative estimate of drug-likeness (QED) is 0.290. The van der Waals surface area contributed by atoms with Crippen LogP contribution in [0.25, 0.3) is 0 Å². The van der Waals surface area contributed by atoms with Gasteiger partial charge in [0.1, 0.15) is 22.2 Å². The van der Waals surface area contributed by atoms with Crippen molar-refractivity contribution in [1.82, 2.24) is 9.97 Å². The molecule has 0 aliphatic rings. The number of rotatable bonds is 8. The van der Waals surface area contributed by atoms with Crippen molar-refractivity contribution in [3.8, 4) is 5.75 Å². The van der Waals surface area contributed by atoms with Crippen LogP contribution in [0.5, 0.6) is 5.75 Å². The predicted octanol–water partition coefficient (Wildman–Crippen LogP) is 5.08. The van der Waals surface area contributed by atoms with Crippen LogP contribution in [0.1, 0.15) is 15.9 Å². The minimum atomic E-state index is -1.14. The molecule has 2 aromatic carbocycles.